The van der Waals surface area contributed by atoms with Crippen LogP contribution >= 0.6 is 15.9 Å². The molecule has 2 aliphatic rings. The summed E-state index contributed by atoms with van der Waals surface area (Å²) >= 11 is 3.45. The number of amides is 2. The van der Waals surface area contributed by atoms with Crippen molar-refractivity contribution in [2.45, 2.75) is 38.3 Å². The zero-order valence-electron chi connectivity index (χ0n) is 12.3. The molecule has 1 fully saturated rings. The van der Waals surface area contributed by atoms with Crippen molar-refractivity contribution in [2.75, 3.05) is 13.2 Å². The van der Waals surface area contributed by atoms with E-state index in [1.807, 2.05) is 18.2 Å². The number of hydrogen-bond acceptors (Lipinski definition) is 3. The molecule has 1 aromatic carbocycles. The second-order valence-corrected chi connectivity index (χ2v) is 6.64. The summed E-state index contributed by atoms with van der Waals surface area (Å²) in [4.78, 5) is 26.2. The molecule has 0 aromatic heterocycles. The van der Waals surface area contributed by atoms with Gasteiger partial charge in [0.1, 0.15) is 18.4 Å². The van der Waals surface area contributed by atoms with E-state index in [4.69, 9.17) is 4.74 Å². The molecule has 1 unspecified atom stereocenters. The van der Waals surface area contributed by atoms with Crippen molar-refractivity contribution in [2.24, 2.45) is 0 Å². The van der Waals surface area contributed by atoms with Gasteiger partial charge in [-0.15, -0.1) is 0 Å². The first-order valence-corrected chi connectivity index (χ1v) is 8.42. The van der Waals surface area contributed by atoms with Gasteiger partial charge in [-0.2, -0.15) is 0 Å². The van der Waals surface area contributed by atoms with Crippen LogP contribution in [0.5, 0.6) is 5.75 Å². The Kier molecular flexibility index (Phi) is 4.66. The molecule has 0 radical (unpaired) electrons. The van der Waals surface area contributed by atoms with Crippen LogP contribution in [-0.4, -0.2) is 35.9 Å². The second-order valence-electron chi connectivity index (χ2n) is 5.73. The van der Waals surface area contributed by atoms with Crippen LogP contribution in [0.3, 0.4) is 0 Å². The Hall–Kier alpha value is -1.56. The van der Waals surface area contributed by atoms with Crippen LogP contribution in [0.1, 0.15) is 31.2 Å². The van der Waals surface area contributed by atoms with E-state index in [9.17, 15) is 9.59 Å². The van der Waals surface area contributed by atoms with E-state index in [0.29, 0.717) is 32.5 Å². The molecule has 118 valence electrons. The highest BCUT2D eigenvalue weighted by Crippen LogP contribution is 2.27. The lowest BCUT2D eigenvalue weighted by atomic mass is 10.1. The minimum Gasteiger partial charge on any atom is -0.491 e. The van der Waals surface area contributed by atoms with Gasteiger partial charge < -0.3 is 15.0 Å². The molecule has 1 N–H and O–H groups in total. The Morgan fingerprint density at radius 2 is 2.23 bits per heavy atom. The maximum absolute atomic E-state index is 12.7. The van der Waals surface area contributed by atoms with Gasteiger partial charge >= 0.3 is 0 Å². The maximum Gasteiger partial charge on any atom is 0.245 e. The SMILES string of the molecule is O=C1CCCCC(C(=O)N2CCOc3ccc(Br)cc3C2)N1. The van der Waals surface area contributed by atoms with Gasteiger partial charge in [0.05, 0.1) is 6.54 Å². The predicted octanol–water partition coefficient (Wildman–Crippen LogP) is 2.23. The number of nitrogens with one attached hydrogen (secondary N) is 1. The van der Waals surface area contributed by atoms with Gasteiger partial charge in [-0.1, -0.05) is 22.4 Å². The second kappa shape index (κ2) is 6.69. The Labute approximate surface area is 138 Å². The lowest BCUT2D eigenvalue weighted by molar-refractivity contribution is -0.136. The molecule has 2 aliphatic heterocycles. The van der Waals surface area contributed by atoms with E-state index in [0.717, 1.165) is 28.6 Å². The Morgan fingerprint density at radius 1 is 1.36 bits per heavy atom. The Bertz CT molecular complexity index is 591. The average molecular weight is 367 g/mol. The highest BCUT2D eigenvalue weighted by Gasteiger charge is 2.29. The number of benzene rings is 1. The summed E-state index contributed by atoms with van der Waals surface area (Å²) in [6.45, 7) is 1.53. The molecule has 0 aliphatic carbocycles. The van der Waals surface area contributed by atoms with Crippen LogP contribution < -0.4 is 10.1 Å². The number of carbonyl (C=O) groups is 2. The van der Waals surface area contributed by atoms with Crippen LogP contribution in [0.25, 0.3) is 0 Å². The van der Waals surface area contributed by atoms with Crippen LogP contribution in [0.4, 0.5) is 0 Å². The molecule has 0 spiro atoms. The van der Waals surface area contributed by atoms with Gasteiger partial charge in [0.2, 0.25) is 11.8 Å². The lowest BCUT2D eigenvalue weighted by Crippen LogP contribution is -2.48. The zero-order valence-corrected chi connectivity index (χ0v) is 13.9. The summed E-state index contributed by atoms with van der Waals surface area (Å²) in [5.74, 6) is 0.792. The van der Waals surface area contributed by atoms with E-state index >= 15 is 0 Å². The molecule has 1 atom stereocenters. The van der Waals surface area contributed by atoms with Crippen LogP contribution in [0.2, 0.25) is 0 Å². The van der Waals surface area contributed by atoms with Crippen molar-refractivity contribution < 1.29 is 14.3 Å². The molecular weight excluding hydrogens is 348 g/mol. The number of halogens is 1. The fourth-order valence-corrected chi connectivity index (χ4v) is 3.34. The quantitative estimate of drug-likeness (QED) is 0.828. The maximum atomic E-state index is 12.7. The summed E-state index contributed by atoms with van der Waals surface area (Å²) in [6, 6.07) is 5.43. The first-order chi connectivity index (χ1) is 10.6. The van der Waals surface area contributed by atoms with Crippen molar-refractivity contribution in [3.05, 3.63) is 28.2 Å². The van der Waals surface area contributed by atoms with Gasteiger partial charge in [0, 0.05) is 23.0 Å². The third-order valence-corrected chi connectivity index (χ3v) is 4.59. The van der Waals surface area contributed by atoms with Crippen LogP contribution in [0.15, 0.2) is 22.7 Å². The Balaban J connectivity index is 1.76. The summed E-state index contributed by atoms with van der Waals surface area (Å²) in [5, 5.41) is 2.85. The van der Waals surface area contributed by atoms with Gasteiger partial charge in [-0.3, -0.25) is 9.59 Å². The zero-order chi connectivity index (χ0) is 15.5. The summed E-state index contributed by atoms with van der Waals surface area (Å²) in [5.41, 5.74) is 0.986. The van der Waals surface area contributed by atoms with Gasteiger partial charge in [0.15, 0.2) is 0 Å². The summed E-state index contributed by atoms with van der Waals surface area (Å²) < 4.78 is 6.68. The molecule has 1 aromatic rings. The van der Waals surface area contributed by atoms with Crippen LogP contribution in [-0.2, 0) is 16.1 Å². The highest BCUT2D eigenvalue weighted by atomic mass is 79.9. The van der Waals surface area contributed by atoms with E-state index in [-0.39, 0.29) is 11.8 Å². The first-order valence-electron chi connectivity index (χ1n) is 7.63. The molecule has 0 saturated carbocycles. The van der Waals surface area contributed by atoms with Crippen molar-refractivity contribution >= 4 is 27.7 Å². The summed E-state index contributed by atoms with van der Waals surface area (Å²) in [6.07, 6.45) is 2.99. The van der Waals surface area contributed by atoms with Crippen molar-refractivity contribution in [1.82, 2.24) is 10.2 Å². The van der Waals surface area contributed by atoms with Gasteiger partial charge in [0.25, 0.3) is 0 Å². The number of fused-ring (bicyclic) bond motifs is 1. The van der Waals surface area contributed by atoms with E-state index in [1.165, 1.54) is 0 Å². The number of hydrogen-bond donors (Lipinski definition) is 1. The van der Waals surface area contributed by atoms with Gasteiger partial charge in [-0.05, 0) is 31.0 Å². The monoisotopic (exact) mass is 366 g/mol. The molecule has 0 bridgehead atoms. The molecule has 2 amide bonds. The molecule has 22 heavy (non-hydrogen) atoms. The van der Waals surface area contributed by atoms with Gasteiger partial charge in [-0.25, -0.2) is 0 Å². The molecule has 3 rings (SSSR count). The largest absolute Gasteiger partial charge is 0.491 e. The number of nitrogens with zero attached hydrogens (tertiary/aromatic N) is 1. The van der Waals surface area contributed by atoms with Crippen molar-refractivity contribution in [1.29, 1.82) is 0 Å². The number of carbonyl (C=O) groups excluding carboxylic acids is 2. The first kappa shape index (κ1) is 15.3. The fourth-order valence-electron chi connectivity index (χ4n) is 2.93. The smallest absolute Gasteiger partial charge is 0.245 e. The topological polar surface area (TPSA) is 58.6 Å². The van der Waals surface area contributed by atoms with E-state index in [1.54, 1.807) is 4.90 Å². The molecule has 6 heteroatoms. The average Bonchev–Trinajstić information content (AvgIpc) is 2.83. The molecule has 1 saturated heterocycles. The number of ether oxygens (including phenoxy) is 1. The lowest BCUT2D eigenvalue weighted by Gasteiger charge is -2.25. The standard InChI is InChI=1S/C16H19BrN2O3/c17-12-5-6-14-11(9-12)10-19(7-8-22-14)16(21)13-3-1-2-4-15(20)18-13/h5-6,9,13H,1-4,7-8,10H2,(H,18,20). The third-order valence-electron chi connectivity index (χ3n) is 4.09. The molecular formula is C16H19BrN2O3. The third kappa shape index (κ3) is 3.43. The molecule has 2 heterocycles. The molecule has 5 nitrogen and oxygen atoms in total. The normalized spacial score (nSPS) is 22.0. The fraction of sp³-hybridized carbons (Fsp3) is 0.500. The summed E-state index contributed by atoms with van der Waals surface area (Å²) in [7, 11) is 0. The highest BCUT2D eigenvalue weighted by molar-refractivity contribution is 9.10. The Morgan fingerprint density at radius 3 is 3.09 bits per heavy atom. The van der Waals surface area contributed by atoms with E-state index < -0.39 is 6.04 Å². The predicted molar refractivity (Wildman–Crippen MR) is 85.5 cm³/mol. The van der Waals surface area contributed by atoms with Crippen LogP contribution in [0, 0.1) is 0 Å². The van der Waals surface area contributed by atoms with Crippen molar-refractivity contribution in [3.8, 4) is 5.75 Å². The minimum atomic E-state index is -0.399. The van der Waals surface area contributed by atoms with Crippen molar-refractivity contribution in [3.63, 3.8) is 0 Å². The number of rotatable bonds is 1. The van der Waals surface area contributed by atoms with E-state index in [2.05, 4.69) is 21.2 Å². The minimum absolute atomic E-state index is 0.00771.